The normalized spacial score (nSPS) is 9.68. The van der Waals surface area contributed by atoms with Gasteiger partial charge in [0, 0.05) is 0 Å². The van der Waals surface area contributed by atoms with Crippen molar-refractivity contribution in [2.45, 2.75) is 0 Å². The van der Waals surface area contributed by atoms with Gasteiger partial charge in [-0.15, -0.1) is 0 Å². The molecule has 0 fully saturated rings. The zero-order valence-corrected chi connectivity index (χ0v) is 12.9. The van der Waals surface area contributed by atoms with Crippen LogP contribution in [0.3, 0.4) is 0 Å². The molecule has 0 unspecified atom stereocenters. The van der Waals surface area contributed by atoms with Gasteiger partial charge in [-0.2, -0.15) is 0 Å². The summed E-state index contributed by atoms with van der Waals surface area (Å²) < 4.78 is 10.5. The van der Waals surface area contributed by atoms with Gasteiger partial charge in [0.25, 0.3) is 5.91 Å². The van der Waals surface area contributed by atoms with Crippen LogP contribution in [0.1, 0.15) is 0 Å². The number of anilines is 1. The smallest absolute Gasteiger partial charge is 0.264 e. The number of benzene rings is 2. The molecule has 114 valence electrons. The van der Waals surface area contributed by atoms with Crippen molar-refractivity contribution < 1.29 is 14.3 Å². The zero-order chi connectivity index (χ0) is 15.8. The van der Waals surface area contributed by atoms with Gasteiger partial charge in [-0.3, -0.25) is 10.1 Å². The van der Waals surface area contributed by atoms with Crippen LogP contribution in [0.25, 0.3) is 0 Å². The van der Waals surface area contributed by atoms with Crippen molar-refractivity contribution in [2.24, 2.45) is 0 Å². The number of ether oxygens (including phenoxy) is 2. The van der Waals surface area contributed by atoms with Crippen LogP contribution in [-0.2, 0) is 4.79 Å². The Morgan fingerprint density at radius 2 is 1.77 bits per heavy atom. The Hall–Kier alpha value is -2.60. The van der Waals surface area contributed by atoms with Gasteiger partial charge in [0.2, 0.25) is 0 Å². The Kier molecular flexibility index (Phi) is 5.73. The van der Waals surface area contributed by atoms with Crippen LogP contribution < -0.4 is 20.1 Å². The number of hydrogen-bond acceptors (Lipinski definition) is 4. The second-order valence-electron chi connectivity index (χ2n) is 4.30. The molecular formula is C16H16N2O3S. The van der Waals surface area contributed by atoms with Crippen LogP contribution in [0.4, 0.5) is 5.69 Å². The van der Waals surface area contributed by atoms with E-state index in [4.69, 9.17) is 21.7 Å². The van der Waals surface area contributed by atoms with Gasteiger partial charge in [0.15, 0.2) is 11.7 Å². The van der Waals surface area contributed by atoms with E-state index in [2.05, 4.69) is 10.6 Å². The van der Waals surface area contributed by atoms with E-state index in [9.17, 15) is 4.79 Å². The molecule has 0 aromatic heterocycles. The van der Waals surface area contributed by atoms with Crippen molar-refractivity contribution in [3.05, 3.63) is 54.6 Å². The topological polar surface area (TPSA) is 59.6 Å². The molecule has 0 saturated carbocycles. The summed E-state index contributed by atoms with van der Waals surface area (Å²) in [6.45, 7) is -0.113. The SMILES string of the molecule is COc1ccccc1NC(=S)NC(=O)COc1ccccc1. The number of amides is 1. The summed E-state index contributed by atoms with van der Waals surface area (Å²) in [4.78, 5) is 11.8. The molecule has 0 heterocycles. The minimum absolute atomic E-state index is 0.113. The first-order valence-electron chi connectivity index (χ1n) is 6.61. The maximum Gasteiger partial charge on any atom is 0.264 e. The van der Waals surface area contributed by atoms with Crippen molar-refractivity contribution in [2.75, 3.05) is 19.0 Å². The first-order chi connectivity index (χ1) is 10.7. The summed E-state index contributed by atoms with van der Waals surface area (Å²) in [5.74, 6) is 0.928. The fourth-order valence-corrected chi connectivity index (χ4v) is 1.95. The van der Waals surface area contributed by atoms with E-state index in [1.807, 2.05) is 30.3 Å². The van der Waals surface area contributed by atoms with Crippen LogP contribution in [0.5, 0.6) is 11.5 Å². The van der Waals surface area contributed by atoms with Crippen molar-refractivity contribution in [3.63, 3.8) is 0 Å². The lowest BCUT2D eigenvalue weighted by molar-refractivity contribution is -0.121. The third-order valence-corrected chi connectivity index (χ3v) is 2.93. The van der Waals surface area contributed by atoms with Crippen molar-refractivity contribution >= 4 is 28.9 Å². The molecule has 2 aromatic carbocycles. The van der Waals surface area contributed by atoms with Crippen LogP contribution in [-0.4, -0.2) is 24.7 Å². The quantitative estimate of drug-likeness (QED) is 0.830. The number of thiocarbonyl (C=S) groups is 1. The molecule has 2 aromatic rings. The molecule has 0 aliphatic carbocycles. The van der Waals surface area contributed by atoms with E-state index in [0.717, 1.165) is 0 Å². The largest absolute Gasteiger partial charge is 0.495 e. The Bertz CT molecular complexity index is 647. The third kappa shape index (κ3) is 4.75. The predicted octanol–water partition coefficient (Wildman–Crippen LogP) is 2.59. The molecule has 0 atom stereocenters. The van der Waals surface area contributed by atoms with E-state index in [-0.39, 0.29) is 17.6 Å². The molecule has 2 rings (SSSR count). The summed E-state index contributed by atoms with van der Waals surface area (Å²) in [7, 11) is 1.57. The highest BCUT2D eigenvalue weighted by Crippen LogP contribution is 2.22. The van der Waals surface area contributed by atoms with Crippen LogP contribution in [0.2, 0.25) is 0 Å². The zero-order valence-electron chi connectivity index (χ0n) is 12.0. The molecule has 5 nitrogen and oxygen atoms in total. The molecule has 22 heavy (non-hydrogen) atoms. The van der Waals surface area contributed by atoms with E-state index in [1.54, 1.807) is 31.4 Å². The highest BCUT2D eigenvalue weighted by atomic mass is 32.1. The lowest BCUT2D eigenvalue weighted by Gasteiger charge is -2.12. The molecule has 0 aliphatic rings. The molecular weight excluding hydrogens is 300 g/mol. The number of carbonyl (C=O) groups is 1. The standard InChI is InChI=1S/C16H16N2O3S/c1-20-14-10-6-5-9-13(14)17-16(22)18-15(19)11-21-12-7-3-2-4-8-12/h2-10H,11H2,1H3,(H2,17,18,19,22). The Balaban J connectivity index is 1.82. The molecule has 0 spiro atoms. The molecule has 0 aliphatic heterocycles. The average molecular weight is 316 g/mol. The van der Waals surface area contributed by atoms with Gasteiger partial charge in [-0.1, -0.05) is 30.3 Å². The van der Waals surface area contributed by atoms with Crippen LogP contribution >= 0.6 is 12.2 Å². The lowest BCUT2D eigenvalue weighted by atomic mass is 10.3. The summed E-state index contributed by atoms with van der Waals surface area (Å²) >= 11 is 5.10. The van der Waals surface area contributed by atoms with Crippen LogP contribution in [0.15, 0.2) is 54.6 Å². The molecule has 0 bridgehead atoms. The monoisotopic (exact) mass is 316 g/mol. The molecule has 1 amide bonds. The molecule has 0 saturated heterocycles. The summed E-state index contributed by atoms with van der Waals surface area (Å²) in [5, 5.41) is 5.65. The Morgan fingerprint density at radius 3 is 2.50 bits per heavy atom. The van der Waals surface area contributed by atoms with Gasteiger partial charge in [-0.05, 0) is 36.5 Å². The van der Waals surface area contributed by atoms with Gasteiger partial charge in [-0.25, -0.2) is 0 Å². The lowest BCUT2D eigenvalue weighted by Crippen LogP contribution is -2.37. The van der Waals surface area contributed by atoms with Crippen molar-refractivity contribution in [1.29, 1.82) is 0 Å². The van der Waals surface area contributed by atoms with Crippen molar-refractivity contribution in [1.82, 2.24) is 5.32 Å². The van der Waals surface area contributed by atoms with Gasteiger partial charge in [0.05, 0.1) is 12.8 Å². The highest BCUT2D eigenvalue weighted by molar-refractivity contribution is 7.80. The number of carbonyl (C=O) groups excluding carboxylic acids is 1. The minimum Gasteiger partial charge on any atom is -0.495 e. The summed E-state index contributed by atoms with van der Waals surface area (Å²) in [6, 6.07) is 16.4. The van der Waals surface area contributed by atoms with Crippen molar-refractivity contribution in [3.8, 4) is 11.5 Å². The van der Waals surface area contributed by atoms with E-state index in [1.165, 1.54) is 0 Å². The fraction of sp³-hybridized carbons (Fsp3) is 0.125. The number of methoxy groups -OCH3 is 1. The third-order valence-electron chi connectivity index (χ3n) is 2.72. The van der Waals surface area contributed by atoms with E-state index in [0.29, 0.717) is 17.2 Å². The Labute approximate surface area is 134 Å². The van der Waals surface area contributed by atoms with E-state index >= 15 is 0 Å². The van der Waals surface area contributed by atoms with Gasteiger partial charge < -0.3 is 14.8 Å². The van der Waals surface area contributed by atoms with E-state index < -0.39 is 0 Å². The van der Waals surface area contributed by atoms with Crippen LogP contribution in [0, 0.1) is 0 Å². The number of hydrogen-bond donors (Lipinski definition) is 2. The molecule has 6 heteroatoms. The molecule has 0 radical (unpaired) electrons. The fourth-order valence-electron chi connectivity index (χ4n) is 1.73. The Morgan fingerprint density at radius 1 is 1.09 bits per heavy atom. The minimum atomic E-state index is -0.337. The number of para-hydroxylation sites is 3. The maximum absolute atomic E-state index is 11.8. The molecule has 2 N–H and O–H groups in total. The predicted molar refractivity (Wildman–Crippen MR) is 89.3 cm³/mol. The second kappa shape index (κ2) is 7.99. The average Bonchev–Trinajstić information content (AvgIpc) is 2.54. The first-order valence-corrected chi connectivity index (χ1v) is 7.01. The first kappa shape index (κ1) is 15.8. The number of rotatable bonds is 5. The second-order valence-corrected chi connectivity index (χ2v) is 4.71. The number of nitrogens with one attached hydrogen (secondary N) is 2. The van der Waals surface area contributed by atoms with Gasteiger partial charge in [0.1, 0.15) is 11.5 Å². The maximum atomic E-state index is 11.8. The summed E-state index contributed by atoms with van der Waals surface area (Å²) in [6.07, 6.45) is 0. The summed E-state index contributed by atoms with van der Waals surface area (Å²) in [5.41, 5.74) is 0.680. The van der Waals surface area contributed by atoms with Gasteiger partial charge >= 0.3 is 0 Å². The highest BCUT2D eigenvalue weighted by Gasteiger charge is 2.08.